The zero-order chi connectivity index (χ0) is 15.9. The molecule has 1 aromatic rings. The zero-order valence-corrected chi connectivity index (χ0v) is 15.8. The number of nitrogens with one attached hydrogen (secondary N) is 1. The summed E-state index contributed by atoms with van der Waals surface area (Å²) in [5.41, 5.74) is 0.911. The molecule has 1 atom stereocenters. The molecular formula is C16H25Cl2N3O3. The van der Waals surface area contributed by atoms with Crippen molar-refractivity contribution in [2.45, 2.75) is 12.5 Å². The fourth-order valence-corrected chi connectivity index (χ4v) is 2.86. The van der Waals surface area contributed by atoms with Crippen molar-refractivity contribution in [3.05, 3.63) is 17.7 Å². The molecule has 0 bridgehead atoms. The number of ether oxygens (including phenoxy) is 3. The maximum atomic E-state index is 9.26. The lowest BCUT2D eigenvalue weighted by Gasteiger charge is -2.35. The van der Waals surface area contributed by atoms with Crippen molar-refractivity contribution in [2.24, 2.45) is 0 Å². The van der Waals surface area contributed by atoms with Gasteiger partial charge in [-0.2, -0.15) is 5.26 Å². The van der Waals surface area contributed by atoms with Gasteiger partial charge in [0.05, 0.1) is 45.4 Å². The number of methoxy groups -OCH3 is 3. The molecule has 1 aromatic carbocycles. The molecule has 0 radical (unpaired) electrons. The molecule has 1 aliphatic heterocycles. The molecule has 1 N–H and O–H groups in total. The maximum absolute atomic E-state index is 9.26. The second-order valence-corrected chi connectivity index (χ2v) is 5.11. The number of rotatable bonds is 6. The quantitative estimate of drug-likeness (QED) is 0.820. The normalized spacial score (nSPS) is 15.2. The molecule has 2 rings (SSSR count). The van der Waals surface area contributed by atoms with E-state index in [2.05, 4.69) is 16.3 Å². The Morgan fingerprint density at radius 3 is 2.04 bits per heavy atom. The first-order valence-corrected chi connectivity index (χ1v) is 7.36. The average Bonchev–Trinajstić information content (AvgIpc) is 2.59. The molecule has 1 aliphatic rings. The summed E-state index contributed by atoms with van der Waals surface area (Å²) in [4.78, 5) is 2.30. The fourth-order valence-electron chi connectivity index (χ4n) is 2.86. The molecule has 0 saturated carbocycles. The molecule has 136 valence electrons. The van der Waals surface area contributed by atoms with Crippen LogP contribution in [0.4, 0.5) is 0 Å². The number of halogens is 2. The Hall–Kier alpha value is -1.39. The van der Waals surface area contributed by atoms with Gasteiger partial charge < -0.3 is 19.5 Å². The molecule has 0 amide bonds. The summed E-state index contributed by atoms with van der Waals surface area (Å²) >= 11 is 0. The highest BCUT2D eigenvalue weighted by Gasteiger charge is 2.28. The van der Waals surface area contributed by atoms with Crippen LogP contribution in [-0.4, -0.2) is 52.4 Å². The van der Waals surface area contributed by atoms with Gasteiger partial charge in [-0.1, -0.05) is 0 Å². The first-order chi connectivity index (χ1) is 10.7. The number of hydrogen-bond donors (Lipinski definition) is 1. The molecule has 0 spiro atoms. The van der Waals surface area contributed by atoms with Gasteiger partial charge in [0, 0.05) is 38.3 Å². The summed E-state index contributed by atoms with van der Waals surface area (Å²) in [6.45, 7) is 3.63. The topological polar surface area (TPSA) is 66.8 Å². The largest absolute Gasteiger partial charge is 0.496 e. The third-order valence-electron chi connectivity index (χ3n) is 3.96. The predicted molar refractivity (Wildman–Crippen MR) is 98.0 cm³/mol. The van der Waals surface area contributed by atoms with Crippen molar-refractivity contribution in [3.63, 3.8) is 0 Å². The minimum Gasteiger partial charge on any atom is -0.496 e. The van der Waals surface area contributed by atoms with Crippen LogP contribution < -0.4 is 19.5 Å². The molecular weight excluding hydrogens is 353 g/mol. The van der Waals surface area contributed by atoms with Crippen molar-refractivity contribution in [2.75, 3.05) is 47.5 Å². The molecule has 0 aromatic heterocycles. The van der Waals surface area contributed by atoms with Crippen LogP contribution in [0.25, 0.3) is 0 Å². The van der Waals surface area contributed by atoms with Crippen LogP contribution in [-0.2, 0) is 0 Å². The van der Waals surface area contributed by atoms with Gasteiger partial charge in [0.25, 0.3) is 0 Å². The SMILES string of the molecule is COc1cc(OC)c([C@H](CC#N)N2CCNCC2)c(OC)c1.Cl.Cl. The molecule has 1 heterocycles. The predicted octanol–water partition coefficient (Wildman–Crippen LogP) is 2.42. The van der Waals surface area contributed by atoms with Crippen molar-refractivity contribution in [1.29, 1.82) is 5.26 Å². The van der Waals surface area contributed by atoms with Gasteiger partial charge >= 0.3 is 0 Å². The Labute approximate surface area is 155 Å². The van der Waals surface area contributed by atoms with E-state index in [1.807, 2.05) is 12.1 Å². The maximum Gasteiger partial charge on any atom is 0.131 e. The van der Waals surface area contributed by atoms with E-state index in [9.17, 15) is 5.26 Å². The van der Waals surface area contributed by atoms with Gasteiger partial charge in [0.1, 0.15) is 17.2 Å². The molecule has 6 nitrogen and oxygen atoms in total. The standard InChI is InChI=1S/C16H23N3O3.2ClH/c1-20-12-10-14(21-2)16(15(11-12)22-3)13(4-5-17)19-8-6-18-7-9-19;;/h10-11,13,18H,4,6-9H2,1-3H3;2*1H/t13-;;/m0../s1. The molecule has 0 aliphatic carbocycles. The Bertz CT molecular complexity index is 521. The van der Waals surface area contributed by atoms with E-state index >= 15 is 0 Å². The third-order valence-corrected chi connectivity index (χ3v) is 3.96. The van der Waals surface area contributed by atoms with Gasteiger partial charge in [-0.3, -0.25) is 4.90 Å². The van der Waals surface area contributed by atoms with Gasteiger partial charge in [0.2, 0.25) is 0 Å². The van der Waals surface area contributed by atoms with Gasteiger partial charge in [0.15, 0.2) is 0 Å². The summed E-state index contributed by atoms with van der Waals surface area (Å²) in [7, 11) is 4.86. The third kappa shape index (κ3) is 5.05. The molecule has 0 unspecified atom stereocenters. The number of benzene rings is 1. The monoisotopic (exact) mass is 377 g/mol. The highest BCUT2D eigenvalue weighted by molar-refractivity contribution is 5.85. The van der Waals surface area contributed by atoms with E-state index in [0.717, 1.165) is 31.7 Å². The minimum atomic E-state index is -0.0529. The van der Waals surface area contributed by atoms with E-state index in [4.69, 9.17) is 14.2 Å². The zero-order valence-electron chi connectivity index (χ0n) is 14.2. The Kier molecular flexibility index (Phi) is 10.6. The summed E-state index contributed by atoms with van der Waals surface area (Å²) in [5.74, 6) is 2.05. The van der Waals surface area contributed by atoms with Crippen LogP contribution >= 0.6 is 24.8 Å². The number of piperazine rings is 1. The smallest absolute Gasteiger partial charge is 0.131 e. The van der Waals surface area contributed by atoms with Crippen molar-refractivity contribution in [1.82, 2.24) is 10.2 Å². The van der Waals surface area contributed by atoms with Gasteiger partial charge in [-0.25, -0.2) is 0 Å². The Morgan fingerprint density at radius 1 is 1.08 bits per heavy atom. The lowest BCUT2D eigenvalue weighted by Crippen LogP contribution is -2.45. The van der Waals surface area contributed by atoms with Crippen LogP contribution in [0.15, 0.2) is 12.1 Å². The van der Waals surface area contributed by atoms with Crippen molar-refractivity contribution < 1.29 is 14.2 Å². The first-order valence-electron chi connectivity index (χ1n) is 7.36. The summed E-state index contributed by atoms with van der Waals surface area (Å²) in [6.07, 6.45) is 0.388. The van der Waals surface area contributed by atoms with E-state index < -0.39 is 0 Å². The average molecular weight is 378 g/mol. The van der Waals surface area contributed by atoms with Crippen molar-refractivity contribution >= 4 is 24.8 Å². The number of hydrogen-bond acceptors (Lipinski definition) is 6. The molecule has 1 saturated heterocycles. The minimum absolute atomic E-state index is 0. The molecule has 1 fully saturated rings. The van der Waals surface area contributed by atoms with Crippen LogP contribution in [0.3, 0.4) is 0 Å². The van der Waals surface area contributed by atoms with E-state index in [1.54, 1.807) is 21.3 Å². The fraction of sp³-hybridized carbons (Fsp3) is 0.562. The van der Waals surface area contributed by atoms with E-state index in [-0.39, 0.29) is 30.9 Å². The second-order valence-electron chi connectivity index (χ2n) is 5.11. The highest BCUT2D eigenvalue weighted by atomic mass is 35.5. The van der Waals surface area contributed by atoms with Gasteiger partial charge in [-0.05, 0) is 0 Å². The lowest BCUT2D eigenvalue weighted by molar-refractivity contribution is 0.169. The summed E-state index contributed by atoms with van der Waals surface area (Å²) in [5, 5.41) is 12.6. The summed E-state index contributed by atoms with van der Waals surface area (Å²) in [6, 6.07) is 5.91. The molecule has 8 heteroatoms. The van der Waals surface area contributed by atoms with Crippen LogP contribution in [0.2, 0.25) is 0 Å². The first kappa shape index (κ1) is 22.6. The van der Waals surface area contributed by atoms with E-state index in [1.165, 1.54) is 0 Å². The van der Waals surface area contributed by atoms with Crippen LogP contribution in [0.5, 0.6) is 17.2 Å². The van der Waals surface area contributed by atoms with Gasteiger partial charge in [-0.15, -0.1) is 24.8 Å². The highest BCUT2D eigenvalue weighted by Crippen LogP contribution is 2.41. The van der Waals surface area contributed by atoms with Crippen LogP contribution in [0, 0.1) is 11.3 Å². The lowest BCUT2D eigenvalue weighted by atomic mass is 9.99. The van der Waals surface area contributed by atoms with Crippen molar-refractivity contribution in [3.8, 4) is 23.3 Å². The van der Waals surface area contributed by atoms with E-state index in [0.29, 0.717) is 23.7 Å². The van der Waals surface area contributed by atoms with Crippen LogP contribution in [0.1, 0.15) is 18.0 Å². The Balaban J connectivity index is 0.00000264. The number of nitriles is 1. The molecule has 24 heavy (non-hydrogen) atoms. The number of nitrogens with zero attached hydrogens (tertiary/aromatic N) is 2. The second kappa shape index (κ2) is 11.2. The Morgan fingerprint density at radius 2 is 1.62 bits per heavy atom. The summed E-state index contributed by atoms with van der Waals surface area (Å²) < 4.78 is 16.4.